The monoisotopic (exact) mass is 201 g/mol. The molecule has 82 valence electrons. The highest BCUT2D eigenvalue weighted by molar-refractivity contribution is 5.85. The van der Waals surface area contributed by atoms with Crippen LogP contribution in [0.2, 0.25) is 0 Å². The van der Waals surface area contributed by atoms with Crippen LogP contribution in [0, 0.1) is 5.92 Å². The number of carbonyl (C=O) groups is 1. The van der Waals surface area contributed by atoms with Gasteiger partial charge in [-0.2, -0.15) is 0 Å². The summed E-state index contributed by atoms with van der Waals surface area (Å²) in [5.41, 5.74) is 4.69. The number of likely N-dealkylation sites (tertiary alicyclic amines) is 1. The molecule has 4 nitrogen and oxygen atoms in total. The van der Waals surface area contributed by atoms with Gasteiger partial charge in [0.2, 0.25) is 5.91 Å². The van der Waals surface area contributed by atoms with E-state index in [1.807, 2.05) is 6.92 Å². The van der Waals surface area contributed by atoms with E-state index in [0.29, 0.717) is 12.8 Å². The van der Waals surface area contributed by atoms with Gasteiger partial charge in [-0.25, -0.2) is 0 Å². The van der Waals surface area contributed by atoms with Crippen LogP contribution >= 0.6 is 0 Å². The minimum atomic E-state index is -0.786. The summed E-state index contributed by atoms with van der Waals surface area (Å²) in [6, 6.07) is 0. The van der Waals surface area contributed by atoms with Crippen molar-refractivity contribution in [3.8, 4) is 0 Å². The van der Waals surface area contributed by atoms with Crippen LogP contribution in [0.5, 0.6) is 0 Å². The van der Waals surface area contributed by atoms with Gasteiger partial charge in [-0.05, 0) is 32.8 Å². The lowest BCUT2D eigenvalue weighted by Crippen LogP contribution is -2.58. The van der Waals surface area contributed by atoms with Crippen LogP contribution < -0.4 is 5.73 Å². The Kier molecular flexibility index (Phi) is 3.03. The Bertz CT molecular complexity index is 233. The van der Waals surface area contributed by atoms with E-state index >= 15 is 0 Å². The maximum atomic E-state index is 11.6. The van der Waals surface area contributed by atoms with Gasteiger partial charge in [0.05, 0.1) is 0 Å². The van der Waals surface area contributed by atoms with Crippen molar-refractivity contribution in [3.05, 3.63) is 0 Å². The van der Waals surface area contributed by atoms with E-state index < -0.39 is 11.4 Å². The van der Waals surface area contributed by atoms with Crippen molar-refractivity contribution in [2.75, 3.05) is 20.2 Å². The Morgan fingerprint density at radius 1 is 1.86 bits per heavy atom. The first-order chi connectivity index (χ1) is 7.13. The SMILES string of the molecule is [2H]CN1CCC[C@]1(C(N)=O)[C@H](CC)CO. The van der Waals surface area contributed by atoms with Gasteiger partial charge in [0.25, 0.3) is 0 Å². The molecule has 0 unspecified atom stereocenters. The number of nitrogens with zero attached hydrogens (tertiary/aromatic N) is 1. The van der Waals surface area contributed by atoms with E-state index in [4.69, 9.17) is 7.10 Å². The number of aliphatic hydroxyl groups is 1. The molecule has 0 spiro atoms. The number of hydrogen-bond acceptors (Lipinski definition) is 3. The molecule has 3 N–H and O–H groups in total. The first-order valence-corrected chi connectivity index (χ1v) is 5.08. The highest BCUT2D eigenvalue weighted by atomic mass is 16.3. The molecule has 2 atom stereocenters. The van der Waals surface area contributed by atoms with Crippen molar-refractivity contribution < 1.29 is 11.3 Å². The summed E-state index contributed by atoms with van der Waals surface area (Å²) < 4.78 is 7.43. The van der Waals surface area contributed by atoms with E-state index in [2.05, 4.69) is 0 Å². The predicted molar refractivity (Wildman–Crippen MR) is 54.7 cm³/mol. The average Bonchev–Trinajstić information content (AvgIpc) is 2.64. The summed E-state index contributed by atoms with van der Waals surface area (Å²) >= 11 is 0. The summed E-state index contributed by atoms with van der Waals surface area (Å²) in [6.45, 7) is 2.62. The molecule has 0 aliphatic carbocycles. The van der Waals surface area contributed by atoms with Crippen molar-refractivity contribution in [1.82, 2.24) is 4.90 Å². The minimum absolute atomic E-state index is 0.0457. The Morgan fingerprint density at radius 3 is 3.00 bits per heavy atom. The normalized spacial score (nSPS) is 31.4. The van der Waals surface area contributed by atoms with Crippen LogP contribution in [-0.4, -0.2) is 41.6 Å². The smallest absolute Gasteiger partial charge is 0.238 e. The zero-order chi connectivity index (χ0) is 11.5. The lowest BCUT2D eigenvalue weighted by Gasteiger charge is -2.39. The molecule has 1 heterocycles. The lowest BCUT2D eigenvalue weighted by molar-refractivity contribution is -0.132. The molecule has 0 aromatic carbocycles. The fraction of sp³-hybridized carbons (Fsp3) is 0.900. The van der Waals surface area contributed by atoms with Crippen LogP contribution in [0.4, 0.5) is 0 Å². The number of likely N-dealkylation sites (N-methyl/N-ethyl adjacent to an activating group) is 1. The summed E-state index contributed by atoms with van der Waals surface area (Å²) in [4.78, 5) is 13.4. The van der Waals surface area contributed by atoms with Crippen molar-refractivity contribution in [2.24, 2.45) is 11.7 Å². The highest BCUT2D eigenvalue weighted by Gasteiger charge is 2.49. The van der Waals surface area contributed by atoms with Gasteiger partial charge in [-0.3, -0.25) is 9.69 Å². The van der Waals surface area contributed by atoms with Crippen LogP contribution in [0.25, 0.3) is 0 Å². The number of carbonyl (C=O) groups excluding carboxylic acids is 1. The third-order valence-electron chi connectivity index (χ3n) is 3.37. The molecule has 0 radical (unpaired) electrons. The molecule has 0 aromatic heterocycles. The van der Waals surface area contributed by atoms with E-state index in [9.17, 15) is 9.90 Å². The minimum Gasteiger partial charge on any atom is -0.396 e. The summed E-state index contributed by atoms with van der Waals surface area (Å²) in [6.07, 6.45) is 2.24. The molecule has 1 saturated heterocycles. The zero-order valence-corrected chi connectivity index (χ0v) is 8.70. The van der Waals surface area contributed by atoms with E-state index in [1.165, 1.54) is 0 Å². The van der Waals surface area contributed by atoms with Gasteiger partial charge in [-0.15, -0.1) is 0 Å². The summed E-state index contributed by atoms with van der Waals surface area (Å²) in [5.74, 6) is -0.545. The second kappa shape index (κ2) is 4.28. The topological polar surface area (TPSA) is 66.6 Å². The van der Waals surface area contributed by atoms with Gasteiger partial charge in [0.1, 0.15) is 5.54 Å². The maximum Gasteiger partial charge on any atom is 0.238 e. The largest absolute Gasteiger partial charge is 0.396 e. The number of aliphatic hydroxyl groups excluding tert-OH is 1. The first-order valence-electron chi connectivity index (χ1n) is 5.79. The third-order valence-corrected chi connectivity index (χ3v) is 3.37. The molecule has 0 aromatic rings. The van der Waals surface area contributed by atoms with Gasteiger partial charge in [0, 0.05) is 13.9 Å². The van der Waals surface area contributed by atoms with E-state index in [0.717, 1.165) is 13.0 Å². The molecule has 1 rings (SSSR count). The van der Waals surface area contributed by atoms with Gasteiger partial charge in [0.15, 0.2) is 0 Å². The highest BCUT2D eigenvalue weighted by Crippen LogP contribution is 2.36. The number of primary amides is 1. The third kappa shape index (κ3) is 1.53. The Morgan fingerprint density at radius 2 is 2.57 bits per heavy atom. The summed E-state index contributed by atoms with van der Waals surface area (Å²) in [5, 5.41) is 9.32. The van der Waals surface area contributed by atoms with Crippen LogP contribution in [0.15, 0.2) is 0 Å². The molecule has 4 heteroatoms. The van der Waals surface area contributed by atoms with E-state index in [-0.39, 0.29) is 19.5 Å². The predicted octanol–water partition coefficient (Wildman–Crippen LogP) is -0.0454. The van der Waals surface area contributed by atoms with Gasteiger partial charge in [-0.1, -0.05) is 6.92 Å². The molecular weight excluding hydrogens is 180 g/mol. The Hall–Kier alpha value is -0.610. The molecule has 0 saturated carbocycles. The second-order valence-electron chi connectivity index (χ2n) is 3.94. The van der Waals surface area contributed by atoms with Gasteiger partial charge < -0.3 is 10.8 Å². The molecule has 1 aliphatic rings. The van der Waals surface area contributed by atoms with Crippen molar-refractivity contribution in [1.29, 1.82) is 0 Å². The maximum absolute atomic E-state index is 11.6. The van der Waals surface area contributed by atoms with E-state index in [1.54, 1.807) is 4.90 Å². The summed E-state index contributed by atoms with van der Waals surface area (Å²) in [7, 11) is 0.0689. The van der Waals surface area contributed by atoms with Crippen LogP contribution in [0.3, 0.4) is 0 Å². The zero-order valence-electron chi connectivity index (χ0n) is 9.70. The van der Waals surface area contributed by atoms with Crippen LogP contribution in [-0.2, 0) is 4.79 Å². The average molecular weight is 201 g/mol. The van der Waals surface area contributed by atoms with Crippen LogP contribution in [0.1, 0.15) is 27.6 Å². The number of hydrogen-bond donors (Lipinski definition) is 2. The fourth-order valence-corrected chi connectivity index (χ4v) is 2.46. The second-order valence-corrected chi connectivity index (χ2v) is 3.94. The molecule has 14 heavy (non-hydrogen) atoms. The van der Waals surface area contributed by atoms with Crippen molar-refractivity contribution in [2.45, 2.75) is 31.7 Å². The fourth-order valence-electron chi connectivity index (χ4n) is 2.46. The number of nitrogens with two attached hydrogens (primary N) is 1. The van der Waals surface area contributed by atoms with Crippen molar-refractivity contribution >= 4 is 5.91 Å². The standard InChI is InChI=1S/C10H20N2O2/c1-3-8(7-13)10(9(11)14)5-4-6-12(10)2/h8,13H,3-7H2,1-2H3,(H2,11,14)/t8-,10-/m1/s1/i2D. The molecule has 1 fully saturated rings. The molecule has 1 aliphatic heterocycles. The Balaban J connectivity index is 3.01. The Labute approximate surface area is 86.5 Å². The molecular formula is C10H20N2O2. The number of rotatable bonds is 4. The van der Waals surface area contributed by atoms with Crippen molar-refractivity contribution in [3.63, 3.8) is 0 Å². The number of amides is 1. The lowest BCUT2D eigenvalue weighted by atomic mass is 9.80. The van der Waals surface area contributed by atoms with Gasteiger partial charge >= 0.3 is 0 Å². The quantitative estimate of drug-likeness (QED) is 0.670. The molecule has 1 amide bonds. The molecule has 0 bridgehead atoms. The first kappa shape index (κ1) is 9.93.